The highest BCUT2D eigenvalue weighted by molar-refractivity contribution is 6.41. The van der Waals surface area contributed by atoms with E-state index in [0.717, 1.165) is 6.54 Å². The molecular weight excluding hydrogens is 297 g/mol. The molecule has 0 bridgehead atoms. The Balaban J connectivity index is 2.00. The maximum absolute atomic E-state index is 12.4. The molecule has 110 valence electrons. The molecule has 1 fully saturated rings. The molecule has 0 aromatic carbocycles. The standard InChI is InChI=1S/C14H19Cl2N3O/c1-9-11(8-12(15)13(16)17-9)14(20)19(3)7-6-18(2)10-4-5-10/h8,10H,4-7H2,1-3H3. The lowest BCUT2D eigenvalue weighted by Crippen LogP contribution is -2.36. The Kier molecular flexibility index (Phi) is 4.89. The van der Waals surface area contributed by atoms with Crippen LogP contribution >= 0.6 is 23.2 Å². The number of carbonyl (C=O) groups is 1. The van der Waals surface area contributed by atoms with Gasteiger partial charge in [0, 0.05) is 26.2 Å². The van der Waals surface area contributed by atoms with Gasteiger partial charge in [-0.25, -0.2) is 4.98 Å². The molecule has 1 aromatic rings. The van der Waals surface area contributed by atoms with Gasteiger partial charge in [0.2, 0.25) is 0 Å². The fourth-order valence-corrected chi connectivity index (χ4v) is 2.41. The van der Waals surface area contributed by atoms with Crippen molar-refractivity contribution in [1.29, 1.82) is 0 Å². The second kappa shape index (κ2) is 6.29. The van der Waals surface area contributed by atoms with Crippen LogP contribution in [0.25, 0.3) is 0 Å². The lowest BCUT2D eigenvalue weighted by molar-refractivity contribution is 0.0780. The van der Waals surface area contributed by atoms with Gasteiger partial charge in [0.25, 0.3) is 5.91 Å². The van der Waals surface area contributed by atoms with Crippen molar-refractivity contribution in [2.75, 3.05) is 27.2 Å². The summed E-state index contributed by atoms with van der Waals surface area (Å²) in [7, 11) is 3.90. The first kappa shape index (κ1) is 15.5. The predicted octanol–water partition coefficient (Wildman–Crippen LogP) is 2.86. The van der Waals surface area contributed by atoms with E-state index < -0.39 is 0 Å². The Bertz CT molecular complexity index is 517. The Hall–Kier alpha value is -0.840. The summed E-state index contributed by atoms with van der Waals surface area (Å²) in [5.41, 5.74) is 1.11. The molecule has 0 spiro atoms. The van der Waals surface area contributed by atoms with Gasteiger partial charge in [-0.05, 0) is 32.9 Å². The largest absolute Gasteiger partial charge is 0.340 e. The van der Waals surface area contributed by atoms with E-state index in [-0.39, 0.29) is 11.1 Å². The van der Waals surface area contributed by atoms with E-state index >= 15 is 0 Å². The Morgan fingerprint density at radius 3 is 2.60 bits per heavy atom. The molecule has 1 aromatic heterocycles. The quantitative estimate of drug-likeness (QED) is 0.784. The molecule has 0 unspecified atom stereocenters. The van der Waals surface area contributed by atoms with Crippen molar-refractivity contribution in [1.82, 2.24) is 14.8 Å². The summed E-state index contributed by atoms with van der Waals surface area (Å²) in [6, 6.07) is 2.29. The number of likely N-dealkylation sites (N-methyl/N-ethyl adjacent to an activating group) is 2. The first-order chi connectivity index (χ1) is 9.40. The minimum absolute atomic E-state index is 0.0715. The molecule has 0 N–H and O–H groups in total. The second-order valence-electron chi connectivity index (χ2n) is 5.33. The van der Waals surface area contributed by atoms with Crippen LogP contribution < -0.4 is 0 Å². The van der Waals surface area contributed by atoms with Crippen molar-refractivity contribution in [2.24, 2.45) is 0 Å². The van der Waals surface area contributed by atoms with E-state index in [9.17, 15) is 4.79 Å². The first-order valence-electron chi connectivity index (χ1n) is 6.68. The molecular formula is C14H19Cl2N3O. The molecule has 1 saturated carbocycles. The zero-order valence-corrected chi connectivity index (χ0v) is 13.5. The maximum Gasteiger partial charge on any atom is 0.255 e. The van der Waals surface area contributed by atoms with Gasteiger partial charge in [0.15, 0.2) is 0 Å². The van der Waals surface area contributed by atoms with Crippen LogP contribution in [0.5, 0.6) is 0 Å². The smallest absolute Gasteiger partial charge is 0.255 e. The van der Waals surface area contributed by atoms with Crippen LogP contribution in [-0.4, -0.2) is 53.9 Å². The van der Waals surface area contributed by atoms with E-state index in [0.29, 0.717) is 28.9 Å². The fourth-order valence-electron chi connectivity index (χ4n) is 2.08. The number of halogens is 2. The zero-order valence-electron chi connectivity index (χ0n) is 12.0. The predicted molar refractivity (Wildman–Crippen MR) is 81.6 cm³/mol. The third-order valence-electron chi connectivity index (χ3n) is 3.66. The van der Waals surface area contributed by atoms with Gasteiger partial charge in [-0.15, -0.1) is 0 Å². The topological polar surface area (TPSA) is 36.4 Å². The summed E-state index contributed by atoms with van der Waals surface area (Å²) in [4.78, 5) is 20.5. The Morgan fingerprint density at radius 2 is 2.00 bits per heavy atom. The van der Waals surface area contributed by atoms with Gasteiger partial charge >= 0.3 is 0 Å². The van der Waals surface area contributed by atoms with E-state index in [1.54, 1.807) is 24.9 Å². The molecule has 0 radical (unpaired) electrons. The van der Waals surface area contributed by atoms with E-state index in [2.05, 4.69) is 16.9 Å². The van der Waals surface area contributed by atoms with Crippen LogP contribution in [0.2, 0.25) is 10.2 Å². The Labute approximate surface area is 129 Å². The fraction of sp³-hybridized carbons (Fsp3) is 0.571. The lowest BCUT2D eigenvalue weighted by Gasteiger charge is -2.22. The van der Waals surface area contributed by atoms with Crippen LogP contribution in [-0.2, 0) is 0 Å². The number of hydrogen-bond donors (Lipinski definition) is 0. The van der Waals surface area contributed by atoms with Gasteiger partial charge in [0.05, 0.1) is 16.3 Å². The highest BCUT2D eigenvalue weighted by Gasteiger charge is 2.26. The van der Waals surface area contributed by atoms with Crippen molar-refractivity contribution < 1.29 is 4.79 Å². The summed E-state index contributed by atoms with van der Waals surface area (Å²) in [6.07, 6.45) is 2.54. The number of pyridine rings is 1. The molecule has 1 aliphatic rings. The van der Waals surface area contributed by atoms with Gasteiger partial charge in [-0.2, -0.15) is 0 Å². The second-order valence-corrected chi connectivity index (χ2v) is 6.10. The van der Waals surface area contributed by atoms with E-state index in [1.165, 1.54) is 12.8 Å². The van der Waals surface area contributed by atoms with Crippen LogP contribution in [0.15, 0.2) is 6.07 Å². The number of hydrogen-bond acceptors (Lipinski definition) is 3. The molecule has 6 heteroatoms. The summed E-state index contributed by atoms with van der Waals surface area (Å²) in [6.45, 7) is 3.33. The van der Waals surface area contributed by atoms with Crippen LogP contribution in [0, 0.1) is 6.92 Å². The zero-order chi connectivity index (χ0) is 14.9. The van der Waals surface area contributed by atoms with Gasteiger partial charge in [0.1, 0.15) is 5.15 Å². The average molecular weight is 316 g/mol. The number of aryl methyl sites for hydroxylation is 1. The van der Waals surface area contributed by atoms with Crippen molar-refractivity contribution in [3.8, 4) is 0 Å². The number of rotatable bonds is 5. The summed E-state index contributed by atoms with van der Waals surface area (Å²) >= 11 is 11.8. The highest BCUT2D eigenvalue weighted by Crippen LogP contribution is 2.25. The molecule has 2 rings (SSSR count). The molecule has 1 amide bonds. The highest BCUT2D eigenvalue weighted by atomic mass is 35.5. The van der Waals surface area contributed by atoms with Gasteiger partial charge in [-0.1, -0.05) is 23.2 Å². The van der Waals surface area contributed by atoms with Crippen LogP contribution in [0.4, 0.5) is 0 Å². The van der Waals surface area contributed by atoms with Gasteiger partial charge in [-0.3, -0.25) is 4.79 Å². The maximum atomic E-state index is 12.4. The molecule has 0 atom stereocenters. The average Bonchev–Trinajstić information content (AvgIpc) is 3.23. The van der Waals surface area contributed by atoms with Crippen molar-refractivity contribution in [3.63, 3.8) is 0 Å². The van der Waals surface area contributed by atoms with Crippen molar-refractivity contribution in [2.45, 2.75) is 25.8 Å². The van der Waals surface area contributed by atoms with Gasteiger partial charge < -0.3 is 9.80 Å². The van der Waals surface area contributed by atoms with Crippen LogP contribution in [0.3, 0.4) is 0 Å². The third kappa shape index (κ3) is 3.62. The van der Waals surface area contributed by atoms with Crippen molar-refractivity contribution in [3.05, 3.63) is 27.5 Å². The molecule has 0 saturated heterocycles. The number of amides is 1. The molecule has 1 aliphatic carbocycles. The number of nitrogens with zero attached hydrogens (tertiary/aromatic N) is 3. The van der Waals surface area contributed by atoms with Crippen molar-refractivity contribution >= 4 is 29.1 Å². The Morgan fingerprint density at radius 1 is 1.35 bits per heavy atom. The number of aromatic nitrogens is 1. The molecule has 0 aliphatic heterocycles. The summed E-state index contributed by atoms with van der Waals surface area (Å²) in [5.74, 6) is -0.0715. The minimum Gasteiger partial charge on any atom is -0.340 e. The molecule has 4 nitrogen and oxygen atoms in total. The number of carbonyl (C=O) groups excluding carboxylic acids is 1. The van der Waals surface area contributed by atoms with E-state index in [1.807, 2.05) is 0 Å². The summed E-state index contributed by atoms with van der Waals surface area (Å²) < 4.78 is 0. The lowest BCUT2D eigenvalue weighted by atomic mass is 10.2. The molecule has 1 heterocycles. The van der Waals surface area contributed by atoms with E-state index in [4.69, 9.17) is 23.2 Å². The first-order valence-corrected chi connectivity index (χ1v) is 7.44. The summed E-state index contributed by atoms with van der Waals surface area (Å²) in [5, 5.41) is 0.543. The third-order valence-corrected chi connectivity index (χ3v) is 4.33. The monoisotopic (exact) mass is 315 g/mol. The SMILES string of the molecule is Cc1nc(Cl)c(Cl)cc1C(=O)N(C)CCN(C)C1CC1. The normalized spacial score (nSPS) is 14.7. The van der Waals surface area contributed by atoms with Crippen LogP contribution in [0.1, 0.15) is 28.9 Å². The molecule has 20 heavy (non-hydrogen) atoms. The minimum atomic E-state index is -0.0715.